The second kappa shape index (κ2) is 5.61. The number of hydrogen-bond donors (Lipinski definition) is 1. The maximum atomic E-state index is 12.6. The van der Waals surface area contributed by atoms with E-state index in [0.29, 0.717) is 27.2 Å². The first-order chi connectivity index (χ1) is 11.6. The molecule has 0 spiro atoms. The van der Waals surface area contributed by atoms with Gasteiger partial charge in [-0.2, -0.15) is 0 Å². The van der Waals surface area contributed by atoms with E-state index in [1.54, 1.807) is 12.1 Å². The molecule has 0 saturated heterocycles. The van der Waals surface area contributed by atoms with Gasteiger partial charge < -0.3 is 10.2 Å². The molecule has 0 aromatic heterocycles. The molecule has 2 aromatic rings. The van der Waals surface area contributed by atoms with Crippen molar-refractivity contribution in [3.8, 4) is 0 Å². The van der Waals surface area contributed by atoms with Crippen molar-refractivity contribution in [2.45, 2.75) is 5.92 Å². The van der Waals surface area contributed by atoms with Gasteiger partial charge in [0.15, 0.2) is 0 Å². The van der Waals surface area contributed by atoms with Crippen LogP contribution in [0.2, 0.25) is 10.0 Å². The highest BCUT2D eigenvalue weighted by molar-refractivity contribution is 6.57. The summed E-state index contributed by atoms with van der Waals surface area (Å²) in [5, 5.41) is 7.68. The van der Waals surface area contributed by atoms with Crippen LogP contribution < -0.4 is 5.32 Å². The van der Waals surface area contributed by atoms with Crippen LogP contribution in [0.5, 0.6) is 0 Å². The summed E-state index contributed by atoms with van der Waals surface area (Å²) in [6.45, 7) is 0. The Labute approximate surface area is 147 Å². The van der Waals surface area contributed by atoms with Crippen molar-refractivity contribution in [2.24, 2.45) is 10.1 Å². The molecule has 5 nitrogen and oxygen atoms in total. The summed E-state index contributed by atoms with van der Waals surface area (Å²) in [4.78, 5) is 22.1. The summed E-state index contributed by atoms with van der Waals surface area (Å²) in [5.74, 6) is -0.810. The van der Waals surface area contributed by atoms with Gasteiger partial charge in [-0.15, -0.1) is 0 Å². The zero-order valence-electron chi connectivity index (χ0n) is 12.5. The van der Waals surface area contributed by atoms with Crippen LogP contribution in [0.15, 0.2) is 46.5 Å². The highest BCUT2D eigenvalue weighted by Crippen LogP contribution is 2.42. The lowest BCUT2D eigenvalue weighted by Crippen LogP contribution is -2.26. The fourth-order valence-electron chi connectivity index (χ4n) is 3.01. The van der Waals surface area contributed by atoms with Gasteiger partial charge in [-0.05, 0) is 23.8 Å². The molecule has 4 rings (SSSR count). The molecule has 1 atom stereocenters. The summed E-state index contributed by atoms with van der Waals surface area (Å²) in [5.41, 5.74) is 4.03. The summed E-state index contributed by atoms with van der Waals surface area (Å²) in [6, 6.07) is 10.9. The van der Waals surface area contributed by atoms with Crippen molar-refractivity contribution < 1.29 is 9.63 Å². The molecule has 2 aliphatic heterocycles. The number of aliphatic imine (C=N–C) groups is 1. The highest BCUT2D eigenvalue weighted by atomic mass is 35.5. The van der Waals surface area contributed by atoms with Gasteiger partial charge in [-0.25, -0.2) is 4.99 Å². The van der Waals surface area contributed by atoms with Crippen molar-refractivity contribution in [1.82, 2.24) is 0 Å². The minimum Gasteiger partial charge on any atom is -0.399 e. The quantitative estimate of drug-likeness (QED) is 0.818. The molecule has 0 aliphatic carbocycles. The SMILES string of the molecule is CON=C1C(C2C(=O)Nc3cc(Cl)c(Cl)cc32)=Nc2ccccc21. The van der Waals surface area contributed by atoms with Crippen molar-refractivity contribution in [3.63, 3.8) is 0 Å². The number of anilines is 1. The Morgan fingerprint density at radius 2 is 1.96 bits per heavy atom. The van der Waals surface area contributed by atoms with Crippen LogP contribution >= 0.6 is 23.2 Å². The predicted octanol–water partition coefficient (Wildman–Crippen LogP) is 4.17. The zero-order valence-corrected chi connectivity index (χ0v) is 14.0. The number of para-hydroxylation sites is 1. The Kier molecular flexibility index (Phi) is 3.55. The largest absolute Gasteiger partial charge is 0.399 e. The van der Waals surface area contributed by atoms with Gasteiger partial charge in [-0.3, -0.25) is 4.79 Å². The number of oxime groups is 1. The molecule has 1 unspecified atom stereocenters. The Bertz CT molecular complexity index is 937. The molecule has 0 bridgehead atoms. The van der Waals surface area contributed by atoms with Crippen LogP contribution in [-0.4, -0.2) is 24.4 Å². The van der Waals surface area contributed by atoms with Gasteiger partial charge >= 0.3 is 0 Å². The molecule has 1 amide bonds. The number of benzene rings is 2. The van der Waals surface area contributed by atoms with Crippen LogP contribution in [0.25, 0.3) is 0 Å². The average molecular weight is 360 g/mol. The van der Waals surface area contributed by atoms with Crippen LogP contribution in [0.3, 0.4) is 0 Å². The number of fused-ring (bicyclic) bond motifs is 2. The van der Waals surface area contributed by atoms with E-state index in [2.05, 4.69) is 15.5 Å². The van der Waals surface area contributed by atoms with E-state index in [9.17, 15) is 4.79 Å². The molecule has 24 heavy (non-hydrogen) atoms. The van der Waals surface area contributed by atoms with E-state index in [0.717, 1.165) is 16.8 Å². The minimum atomic E-state index is -0.615. The smallest absolute Gasteiger partial charge is 0.238 e. The maximum Gasteiger partial charge on any atom is 0.238 e. The summed E-state index contributed by atoms with van der Waals surface area (Å²) in [6.07, 6.45) is 0. The van der Waals surface area contributed by atoms with Crippen LogP contribution in [0.4, 0.5) is 11.4 Å². The Balaban J connectivity index is 1.87. The standard InChI is InChI=1S/C17H11Cl2N3O2/c1-24-22-15-8-4-2-3-5-12(8)20-16(15)14-9-6-10(18)11(19)7-13(9)21-17(14)23/h2-7,14H,1H3,(H,21,23). The molecule has 0 fully saturated rings. The summed E-state index contributed by atoms with van der Waals surface area (Å²) in [7, 11) is 1.46. The minimum absolute atomic E-state index is 0.196. The van der Waals surface area contributed by atoms with Gasteiger partial charge in [0, 0.05) is 11.3 Å². The van der Waals surface area contributed by atoms with Gasteiger partial charge in [0.25, 0.3) is 0 Å². The van der Waals surface area contributed by atoms with Crippen molar-refractivity contribution in [2.75, 3.05) is 12.4 Å². The lowest BCUT2D eigenvalue weighted by Gasteiger charge is -2.10. The molecule has 1 N–H and O–H groups in total. The zero-order chi connectivity index (χ0) is 16.8. The fourth-order valence-corrected chi connectivity index (χ4v) is 3.34. The molecule has 120 valence electrons. The van der Waals surface area contributed by atoms with Crippen molar-refractivity contribution in [1.29, 1.82) is 0 Å². The van der Waals surface area contributed by atoms with Crippen molar-refractivity contribution >= 4 is 51.9 Å². The number of amides is 1. The third-order valence-corrected chi connectivity index (χ3v) is 4.74. The van der Waals surface area contributed by atoms with E-state index < -0.39 is 5.92 Å². The van der Waals surface area contributed by atoms with Gasteiger partial charge in [0.05, 0.1) is 21.4 Å². The summed E-state index contributed by atoms with van der Waals surface area (Å²) < 4.78 is 0. The summed E-state index contributed by atoms with van der Waals surface area (Å²) >= 11 is 12.2. The van der Waals surface area contributed by atoms with E-state index in [-0.39, 0.29) is 5.91 Å². The van der Waals surface area contributed by atoms with Gasteiger partial charge in [0.2, 0.25) is 5.91 Å². The molecule has 0 saturated carbocycles. The Morgan fingerprint density at radius 3 is 2.75 bits per heavy atom. The lowest BCUT2D eigenvalue weighted by molar-refractivity contribution is -0.115. The van der Waals surface area contributed by atoms with E-state index in [1.165, 1.54) is 7.11 Å². The van der Waals surface area contributed by atoms with Gasteiger partial charge in [0.1, 0.15) is 18.7 Å². The first kappa shape index (κ1) is 15.2. The molecular weight excluding hydrogens is 349 g/mol. The highest BCUT2D eigenvalue weighted by Gasteiger charge is 2.40. The predicted molar refractivity (Wildman–Crippen MR) is 94.9 cm³/mol. The molecule has 2 aliphatic rings. The third kappa shape index (κ3) is 2.20. The number of nitrogens with zero attached hydrogens (tertiary/aromatic N) is 2. The normalized spacial score (nSPS) is 19.8. The molecule has 0 radical (unpaired) electrons. The number of rotatable bonds is 2. The van der Waals surface area contributed by atoms with Crippen LogP contribution in [0, 0.1) is 0 Å². The maximum absolute atomic E-state index is 12.6. The van der Waals surface area contributed by atoms with Crippen LogP contribution in [0.1, 0.15) is 17.0 Å². The second-order valence-corrected chi connectivity index (χ2v) is 6.23. The molecular formula is C17H11Cl2N3O2. The number of hydrogen-bond acceptors (Lipinski definition) is 4. The molecule has 2 aromatic carbocycles. The van der Waals surface area contributed by atoms with E-state index in [4.69, 9.17) is 28.0 Å². The lowest BCUT2D eigenvalue weighted by atomic mass is 9.91. The van der Waals surface area contributed by atoms with Gasteiger partial charge in [-0.1, -0.05) is 46.6 Å². The number of carbonyl (C=O) groups is 1. The number of nitrogens with one attached hydrogen (secondary N) is 1. The average Bonchev–Trinajstić information content (AvgIpc) is 3.06. The molecule has 2 heterocycles. The number of halogens is 2. The van der Waals surface area contributed by atoms with Crippen LogP contribution in [-0.2, 0) is 9.63 Å². The third-order valence-electron chi connectivity index (χ3n) is 4.02. The topological polar surface area (TPSA) is 63.0 Å². The fraction of sp³-hybridized carbons (Fsp3) is 0.118. The second-order valence-electron chi connectivity index (χ2n) is 5.41. The monoisotopic (exact) mass is 359 g/mol. The van der Waals surface area contributed by atoms with E-state index >= 15 is 0 Å². The first-order valence-electron chi connectivity index (χ1n) is 7.19. The van der Waals surface area contributed by atoms with Crippen molar-refractivity contribution in [3.05, 3.63) is 57.6 Å². The van der Waals surface area contributed by atoms with E-state index in [1.807, 2.05) is 24.3 Å². The Hall–Kier alpha value is -2.37. The Morgan fingerprint density at radius 1 is 1.21 bits per heavy atom. The molecule has 7 heteroatoms. The first-order valence-corrected chi connectivity index (χ1v) is 7.95. The number of carbonyl (C=O) groups excluding carboxylic acids is 1.